The van der Waals surface area contributed by atoms with Crippen LogP contribution in [0.5, 0.6) is 5.75 Å². The smallest absolute Gasteiger partial charge is 0.141 e. The van der Waals surface area contributed by atoms with Crippen LogP contribution in [0, 0.1) is 5.92 Å². The molecule has 0 bridgehead atoms. The average Bonchev–Trinajstić information content (AvgIpc) is 2.75. The number of Topliss-reactive ketones (excluding diaryl/α,β-unsaturated/α-hetero) is 1. The summed E-state index contributed by atoms with van der Waals surface area (Å²) in [4.78, 5) is 12.1. The number of rotatable bonds is 4. The second kappa shape index (κ2) is 5.41. The maximum Gasteiger partial charge on any atom is 0.141 e. The van der Waals surface area contributed by atoms with Crippen LogP contribution < -0.4 is 10.5 Å². The van der Waals surface area contributed by atoms with Crippen molar-refractivity contribution in [3.05, 3.63) is 27.7 Å². The Kier molecular flexibility index (Phi) is 4.07. The van der Waals surface area contributed by atoms with Crippen LogP contribution in [0.1, 0.15) is 25.0 Å². The molecule has 0 amide bonds. The van der Waals surface area contributed by atoms with Crippen molar-refractivity contribution in [2.24, 2.45) is 11.7 Å². The summed E-state index contributed by atoms with van der Waals surface area (Å²) in [6, 6.07) is 3.92. The second-order valence-corrected chi connectivity index (χ2v) is 5.86. The lowest BCUT2D eigenvalue weighted by atomic mass is 9.93. The third kappa shape index (κ3) is 2.75. The Balaban J connectivity index is 2.22. The third-order valence-corrected chi connectivity index (χ3v) is 3.94. The van der Waals surface area contributed by atoms with Crippen molar-refractivity contribution in [3.63, 3.8) is 0 Å². The molecule has 0 saturated heterocycles. The van der Waals surface area contributed by atoms with Gasteiger partial charge in [-0.15, -0.1) is 0 Å². The summed E-state index contributed by atoms with van der Waals surface area (Å²) >= 11 is 3.48. The van der Waals surface area contributed by atoms with Gasteiger partial charge in [0.25, 0.3) is 0 Å². The van der Waals surface area contributed by atoms with Crippen molar-refractivity contribution in [2.75, 3.05) is 6.61 Å². The van der Waals surface area contributed by atoms with Gasteiger partial charge in [-0.25, -0.2) is 0 Å². The van der Waals surface area contributed by atoms with Gasteiger partial charge in [-0.05, 0) is 24.6 Å². The molecule has 0 aromatic heterocycles. The first-order chi connectivity index (χ1) is 8.49. The van der Waals surface area contributed by atoms with Crippen molar-refractivity contribution in [3.8, 4) is 5.75 Å². The number of ketones is 1. The second-order valence-electron chi connectivity index (χ2n) is 4.94. The largest absolute Gasteiger partial charge is 0.493 e. The Morgan fingerprint density at radius 1 is 1.50 bits per heavy atom. The molecule has 1 aliphatic heterocycles. The summed E-state index contributed by atoms with van der Waals surface area (Å²) in [7, 11) is 0. The molecule has 2 N–H and O–H groups in total. The average molecular weight is 312 g/mol. The van der Waals surface area contributed by atoms with Crippen molar-refractivity contribution in [2.45, 2.75) is 32.7 Å². The number of fused-ring (bicyclic) bond motifs is 1. The molecule has 3 nitrogen and oxygen atoms in total. The van der Waals surface area contributed by atoms with Crippen LogP contribution in [0.25, 0.3) is 0 Å². The number of benzene rings is 1. The molecular formula is C14H18BrNO2. The maximum absolute atomic E-state index is 12.1. The van der Waals surface area contributed by atoms with E-state index < -0.39 is 0 Å². The number of nitrogens with two attached hydrogens (primary N) is 1. The van der Waals surface area contributed by atoms with E-state index in [1.807, 2.05) is 19.9 Å². The van der Waals surface area contributed by atoms with E-state index >= 15 is 0 Å². The summed E-state index contributed by atoms with van der Waals surface area (Å²) in [5.74, 6) is 0.935. The van der Waals surface area contributed by atoms with Crippen LogP contribution in [0.2, 0.25) is 0 Å². The van der Waals surface area contributed by atoms with E-state index in [9.17, 15) is 4.79 Å². The fraction of sp³-hybridized carbons (Fsp3) is 0.500. The molecule has 18 heavy (non-hydrogen) atoms. The van der Waals surface area contributed by atoms with Crippen molar-refractivity contribution in [1.82, 2.24) is 0 Å². The van der Waals surface area contributed by atoms with Crippen LogP contribution in [-0.2, 0) is 17.6 Å². The Morgan fingerprint density at radius 3 is 2.89 bits per heavy atom. The SMILES string of the molecule is CC(N)C(C)C(=O)Cc1cc(Br)cc2c1OCC2. The van der Waals surface area contributed by atoms with Gasteiger partial charge >= 0.3 is 0 Å². The van der Waals surface area contributed by atoms with Crippen LogP contribution in [0.4, 0.5) is 0 Å². The van der Waals surface area contributed by atoms with E-state index in [0.717, 1.165) is 22.2 Å². The minimum absolute atomic E-state index is 0.112. The molecule has 0 spiro atoms. The number of hydrogen-bond donors (Lipinski definition) is 1. The highest BCUT2D eigenvalue weighted by atomic mass is 79.9. The first-order valence-corrected chi connectivity index (χ1v) is 7.00. The van der Waals surface area contributed by atoms with Crippen LogP contribution in [0.3, 0.4) is 0 Å². The predicted octanol–water partition coefficient (Wildman–Crippen LogP) is 2.48. The van der Waals surface area contributed by atoms with Crippen LogP contribution in [0.15, 0.2) is 16.6 Å². The molecule has 1 aromatic rings. The molecule has 2 unspecified atom stereocenters. The molecule has 1 heterocycles. The van der Waals surface area contributed by atoms with Crippen molar-refractivity contribution in [1.29, 1.82) is 0 Å². The summed E-state index contributed by atoms with van der Waals surface area (Å²) in [6.45, 7) is 4.45. The molecule has 0 fully saturated rings. The van der Waals surface area contributed by atoms with Gasteiger partial charge < -0.3 is 10.5 Å². The lowest BCUT2D eigenvalue weighted by Gasteiger charge is -2.15. The zero-order valence-corrected chi connectivity index (χ0v) is 12.3. The summed E-state index contributed by atoms with van der Waals surface area (Å²) in [5, 5.41) is 0. The first kappa shape index (κ1) is 13.6. The Bertz CT molecular complexity index is 471. The van der Waals surface area contributed by atoms with Gasteiger partial charge in [0.15, 0.2) is 0 Å². The standard InChI is InChI=1S/C14H18BrNO2/c1-8(9(2)16)13(17)7-11-6-12(15)5-10-3-4-18-14(10)11/h5-6,8-9H,3-4,7,16H2,1-2H3. The molecule has 0 aliphatic carbocycles. The highest BCUT2D eigenvalue weighted by Crippen LogP contribution is 2.33. The zero-order valence-electron chi connectivity index (χ0n) is 10.7. The molecule has 1 aromatic carbocycles. The number of hydrogen-bond acceptors (Lipinski definition) is 3. The van der Waals surface area contributed by atoms with Gasteiger partial charge in [-0.3, -0.25) is 4.79 Å². The Labute approximate surface area is 116 Å². The van der Waals surface area contributed by atoms with Crippen LogP contribution >= 0.6 is 15.9 Å². The van der Waals surface area contributed by atoms with E-state index in [2.05, 4.69) is 22.0 Å². The molecule has 2 rings (SSSR count). The highest BCUT2D eigenvalue weighted by molar-refractivity contribution is 9.10. The third-order valence-electron chi connectivity index (χ3n) is 3.49. The molecule has 1 aliphatic rings. The number of ether oxygens (including phenoxy) is 1. The first-order valence-electron chi connectivity index (χ1n) is 6.21. The van der Waals surface area contributed by atoms with Gasteiger partial charge in [-0.2, -0.15) is 0 Å². The Morgan fingerprint density at radius 2 is 2.22 bits per heavy atom. The van der Waals surface area contributed by atoms with Crippen LogP contribution in [-0.4, -0.2) is 18.4 Å². The number of carbonyl (C=O) groups excluding carboxylic acids is 1. The zero-order chi connectivity index (χ0) is 13.3. The van der Waals surface area contributed by atoms with Crippen molar-refractivity contribution < 1.29 is 9.53 Å². The van der Waals surface area contributed by atoms with E-state index in [1.165, 1.54) is 5.56 Å². The molecular weight excluding hydrogens is 294 g/mol. The summed E-state index contributed by atoms with van der Waals surface area (Å²) in [5.41, 5.74) is 7.92. The monoisotopic (exact) mass is 311 g/mol. The maximum atomic E-state index is 12.1. The van der Waals surface area contributed by atoms with Gasteiger partial charge in [0.05, 0.1) is 6.61 Å². The quantitative estimate of drug-likeness (QED) is 0.929. The molecule has 0 saturated carbocycles. The lowest BCUT2D eigenvalue weighted by molar-refractivity contribution is -0.122. The molecule has 2 atom stereocenters. The fourth-order valence-corrected chi connectivity index (χ4v) is 2.67. The Hall–Kier alpha value is -0.870. The minimum atomic E-state index is -0.124. The topological polar surface area (TPSA) is 52.3 Å². The predicted molar refractivity (Wildman–Crippen MR) is 74.9 cm³/mol. The summed E-state index contributed by atoms with van der Waals surface area (Å²) < 4.78 is 6.62. The molecule has 0 radical (unpaired) electrons. The molecule has 4 heteroatoms. The summed E-state index contributed by atoms with van der Waals surface area (Å²) in [6.07, 6.45) is 1.31. The van der Waals surface area contributed by atoms with Gasteiger partial charge in [0.1, 0.15) is 11.5 Å². The van der Waals surface area contributed by atoms with Gasteiger partial charge in [0.2, 0.25) is 0 Å². The lowest BCUT2D eigenvalue weighted by Crippen LogP contribution is -2.31. The fourth-order valence-electron chi connectivity index (χ4n) is 2.12. The number of carbonyl (C=O) groups is 1. The van der Waals surface area contributed by atoms with E-state index in [-0.39, 0.29) is 17.7 Å². The van der Waals surface area contributed by atoms with E-state index in [4.69, 9.17) is 10.5 Å². The van der Waals surface area contributed by atoms with Gasteiger partial charge in [-0.1, -0.05) is 22.9 Å². The van der Waals surface area contributed by atoms with E-state index in [0.29, 0.717) is 13.0 Å². The van der Waals surface area contributed by atoms with Gasteiger partial charge in [0, 0.05) is 34.8 Å². The molecule has 98 valence electrons. The number of halogens is 1. The van der Waals surface area contributed by atoms with Crippen molar-refractivity contribution >= 4 is 21.7 Å². The van der Waals surface area contributed by atoms with E-state index in [1.54, 1.807) is 0 Å². The highest BCUT2D eigenvalue weighted by Gasteiger charge is 2.22. The minimum Gasteiger partial charge on any atom is -0.493 e. The normalized spacial score (nSPS) is 16.9.